The molecular formula is C10H13BrN2. The fourth-order valence-corrected chi connectivity index (χ4v) is 2.11. The van der Waals surface area contributed by atoms with Gasteiger partial charge in [0.1, 0.15) is 0 Å². The van der Waals surface area contributed by atoms with E-state index in [4.69, 9.17) is 5.73 Å². The third-order valence-corrected chi connectivity index (χ3v) is 3.31. The van der Waals surface area contributed by atoms with Crippen LogP contribution >= 0.6 is 15.9 Å². The molecule has 1 aromatic rings. The number of benzene rings is 1. The number of hydrogen-bond acceptors (Lipinski definition) is 2. The van der Waals surface area contributed by atoms with Gasteiger partial charge in [-0.25, -0.2) is 0 Å². The smallest absolute Gasteiger partial charge is 0.0359 e. The van der Waals surface area contributed by atoms with Gasteiger partial charge >= 0.3 is 0 Å². The maximum absolute atomic E-state index is 6.13. The molecular weight excluding hydrogens is 228 g/mol. The highest BCUT2D eigenvalue weighted by Crippen LogP contribution is 2.28. The molecule has 3 N–H and O–H groups in total. The molecule has 0 saturated carbocycles. The van der Waals surface area contributed by atoms with Crippen LogP contribution in [0.25, 0.3) is 0 Å². The Morgan fingerprint density at radius 1 is 1.38 bits per heavy atom. The monoisotopic (exact) mass is 240 g/mol. The van der Waals surface area contributed by atoms with E-state index in [0.29, 0.717) is 5.92 Å². The molecule has 2 rings (SSSR count). The molecule has 70 valence electrons. The van der Waals surface area contributed by atoms with E-state index in [1.54, 1.807) is 0 Å². The van der Waals surface area contributed by atoms with E-state index in [1.807, 2.05) is 18.2 Å². The van der Waals surface area contributed by atoms with E-state index in [-0.39, 0.29) is 6.04 Å². The van der Waals surface area contributed by atoms with Crippen molar-refractivity contribution < 1.29 is 0 Å². The molecule has 0 amide bonds. The summed E-state index contributed by atoms with van der Waals surface area (Å²) < 4.78 is 1.12. The first-order valence-electron chi connectivity index (χ1n) is 4.50. The van der Waals surface area contributed by atoms with Crippen molar-refractivity contribution in [3.05, 3.63) is 34.3 Å². The van der Waals surface area contributed by atoms with Crippen LogP contribution in [0.5, 0.6) is 0 Å². The average molecular weight is 241 g/mol. The van der Waals surface area contributed by atoms with E-state index in [2.05, 4.69) is 27.3 Å². The van der Waals surface area contributed by atoms with E-state index in [9.17, 15) is 0 Å². The van der Waals surface area contributed by atoms with Crippen LogP contribution in [0.15, 0.2) is 28.7 Å². The van der Waals surface area contributed by atoms with Gasteiger partial charge in [0.2, 0.25) is 0 Å². The zero-order chi connectivity index (χ0) is 9.26. The van der Waals surface area contributed by atoms with E-state index < -0.39 is 0 Å². The molecule has 1 fully saturated rings. The van der Waals surface area contributed by atoms with Gasteiger partial charge in [-0.2, -0.15) is 0 Å². The molecule has 0 bridgehead atoms. The molecule has 0 radical (unpaired) electrons. The van der Waals surface area contributed by atoms with Crippen molar-refractivity contribution in [3.8, 4) is 0 Å². The van der Waals surface area contributed by atoms with Gasteiger partial charge in [-0.3, -0.25) is 0 Å². The summed E-state index contributed by atoms with van der Waals surface area (Å²) in [5.74, 6) is 0.596. The summed E-state index contributed by atoms with van der Waals surface area (Å²) in [4.78, 5) is 0. The van der Waals surface area contributed by atoms with Gasteiger partial charge in [0, 0.05) is 29.5 Å². The first-order chi connectivity index (χ1) is 6.29. The highest BCUT2D eigenvalue weighted by atomic mass is 79.9. The molecule has 1 aromatic carbocycles. The van der Waals surface area contributed by atoms with Crippen molar-refractivity contribution in [2.75, 3.05) is 13.1 Å². The number of nitrogens with one attached hydrogen (secondary N) is 1. The fraction of sp³-hybridized carbons (Fsp3) is 0.400. The van der Waals surface area contributed by atoms with Crippen LogP contribution in [0.4, 0.5) is 0 Å². The highest BCUT2D eigenvalue weighted by Gasteiger charge is 2.25. The van der Waals surface area contributed by atoms with Gasteiger partial charge < -0.3 is 11.1 Å². The lowest BCUT2D eigenvalue weighted by Crippen LogP contribution is -2.47. The summed E-state index contributed by atoms with van der Waals surface area (Å²) in [5, 5.41) is 3.24. The van der Waals surface area contributed by atoms with Crippen LogP contribution in [-0.4, -0.2) is 13.1 Å². The standard InChI is InChI=1S/C10H13BrN2/c11-9-4-2-1-3-8(9)10(12)7-5-13-6-7/h1-4,7,10,13H,5-6,12H2. The number of nitrogens with two attached hydrogens (primary N) is 1. The van der Waals surface area contributed by atoms with Crippen LogP contribution in [0.3, 0.4) is 0 Å². The molecule has 13 heavy (non-hydrogen) atoms. The zero-order valence-corrected chi connectivity index (χ0v) is 8.92. The third kappa shape index (κ3) is 1.77. The first-order valence-corrected chi connectivity index (χ1v) is 5.29. The van der Waals surface area contributed by atoms with Crippen LogP contribution in [0.1, 0.15) is 11.6 Å². The molecule has 1 saturated heterocycles. The van der Waals surface area contributed by atoms with Crippen molar-refractivity contribution in [2.24, 2.45) is 11.7 Å². The molecule has 1 aliphatic rings. The summed E-state index contributed by atoms with van der Waals surface area (Å²) in [5.41, 5.74) is 7.35. The molecule has 0 spiro atoms. The van der Waals surface area contributed by atoms with Crippen molar-refractivity contribution in [1.82, 2.24) is 5.32 Å². The van der Waals surface area contributed by atoms with Gasteiger partial charge in [0.05, 0.1) is 0 Å². The Morgan fingerprint density at radius 2 is 2.08 bits per heavy atom. The minimum atomic E-state index is 0.164. The Hall–Kier alpha value is -0.380. The van der Waals surface area contributed by atoms with Crippen molar-refractivity contribution in [3.63, 3.8) is 0 Å². The Bertz CT molecular complexity index is 297. The van der Waals surface area contributed by atoms with Crippen LogP contribution in [-0.2, 0) is 0 Å². The van der Waals surface area contributed by atoms with Crippen LogP contribution < -0.4 is 11.1 Å². The summed E-state index contributed by atoms with van der Waals surface area (Å²) >= 11 is 3.52. The third-order valence-electron chi connectivity index (χ3n) is 2.59. The molecule has 1 heterocycles. The summed E-state index contributed by atoms with van der Waals surface area (Å²) in [6, 6.07) is 8.34. The molecule has 0 aromatic heterocycles. The average Bonchev–Trinajstić information content (AvgIpc) is 2.01. The van der Waals surface area contributed by atoms with Crippen molar-refractivity contribution in [2.45, 2.75) is 6.04 Å². The predicted molar refractivity (Wildman–Crippen MR) is 57.4 cm³/mol. The number of halogens is 1. The molecule has 1 unspecified atom stereocenters. The van der Waals surface area contributed by atoms with E-state index in [1.165, 1.54) is 5.56 Å². The molecule has 0 aliphatic carbocycles. The summed E-state index contributed by atoms with van der Waals surface area (Å²) in [6.07, 6.45) is 0. The Labute approximate surface area is 86.6 Å². The lowest BCUT2D eigenvalue weighted by Gasteiger charge is -2.33. The Morgan fingerprint density at radius 3 is 2.62 bits per heavy atom. The summed E-state index contributed by atoms with van der Waals surface area (Å²) in [7, 11) is 0. The predicted octanol–water partition coefficient (Wildman–Crippen LogP) is 1.67. The second-order valence-corrected chi connectivity index (χ2v) is 4.32. The fourth-order valence-electron chi connectivity index (χ4n) is 1.56. The van der Waals surface area contributed by atoms with Gasteiger partial charge in [-0.1, -0.05) is 34.1 Å². The zero-order valence-electron chi connectivity index (χ0n) is 7.33. The van der Waals surface area contributed by atoms with E-state index in [0.717, 1.165) is 17.6 Å². The second-order valence-electron chi connectivity index (χ2n) is 3.47. The van der Waals surface area contributed by atoms with Crippen LogP contribution in [0, 0.1) is 5.92 Å². The number of hydrogen-bond donors (Lipinski definition) is 2. The largest absolute Gasteiger partial charge is 0.324 e. The second kappa shape index (κ2) is 3.78. The summed E-state index contributed by atoms with van der Waals surface area (Å²) in [6.45, 7) is 2.09. The lowest BCUT2D eigenvalue weighted by molar-refractivity contribution is 0.294. The van der Waals surface area contributed by atoms with E-state index >= 15 is 0 Å². The molecule has 1 aliphatic heterocycles. The van der Waals surface area contributed by atoms with Crippen molar-refractivity contribution in [1.29, 1.82) is 0 Å². The maximum atomic E-state index is 6.13. The van der Waals surface area contributed by atoms with Gasteiger partial charge in [0.25, 0.3) is 0 Å². The first kappa shape index (κ1) is 9.19. The SMILES string of the molecule is NC(c1ccccc1Br)C1CNC1. The Kier molecular flexibility index (Phi) is 2.67. The van der Waals surface area contributed by atoms with Gasteiger partial charge in [-0.05, 0) is 11.6 Å². The molecule has 1 atom stereocenters. The molecule has 3 heteroatoms. The van der Waals surface area contributed by atoms with Gasteiger partial charge in [0.15, 0.2) is 0 Å². The quantitative estimate of drug-likeness (QED) is 0.826. The lowest BCUT2D eigenvalue weighted by atomic mass is 9.89. The Balaban J connectivity index is 2.18. The normalized spacial score (nSPS) is 19.5. The number of rotatable bonds is 2. The van der Waals surface area contributed by atoms with Gasteiger partial charge in [-0.15, -0.1) is 0 Å². The topological polar surface area (TPSA) is 38.0 Å². The minimum Gasteiger partial charge on any atom is -0.324 e. The minimum absolute atomic E-state index is 0.164. The van der Waals surface area contributed by atoms with Crippen molar-refractivity contribution >= 4 is 15.9 Å². The molecule has 2 nitrogen and oxygen atoms in total. The van der Waals surface area contributed by atoms with Crippen LogP contribution in [0.2, 0.25) is 0 Å². The maximum Gasteiger partial charge on any atom is 0.0359 e. The highest BCUT2D eigenvalue weighted by molar-refractivity contribution is 9.10.